The molecule has 0 saturated heterocycles. The quantitative estimate of drug-likeness (QED) is 0.687. The van der Waals surface area contributed by atoms with Gasteiger partial charge < -0.3 is 5.11 Å². The number of hydrogen-bond acceptors (Lipinski definition) is 2. The second-order valence-electron chi connectivity index (χ2n) is 4.42. The number of ketones is 1. The van der Waals surface area contributed by atoms with E-state index in [4.69, 9.17) is 0 Å². The highest BCUT2D eigenvalue weighted by Crippen LogP contribution is 2.43. The molecule has 1 fully saturated rings. The molecule has 2 nitrogen and oxygen atoms in total. The van der Waals surface area contributed by atoms with Gasteiger partial charge in [-0.3, -0.25) is 4.79 Å². The third-order valence-electron chi connectivity index (χ3n) is 3.47. The van der Waals surface area contributed by atoms with Gasteiger partial charge in [0.1, 0.15) is 5.78 Å². The molecule has 0 aliphatic heterocycles. The van der Waals surface area contributed by atoms with Crippen LogP contribution < -0.4 is 0 Å². The van der Waals surface area contributed by atoms with Crippen molar-refractivity contribution in [2.45, 2.75) is 52.1 Å². The predicted molar refractivity (Wildman–Crippen MR) is 47.9 cm³/mol. The number of hydrogen-bond donors (Lipinski definition) is 1. The van der Waals surface area contributed by atoms with Gasteiger partial charge in [0.2, 0.25) is 0 Å². The van der Waals surface area contributed by atoms with Gasteiger partial charge in [-0.1, -0.05) is 26.7 Å². The molecule has 1 saturated carbocycles. The fraction of sp³-hybridized carbons (Fsp3) is 0.900. The molecule has 0 radical (unpaired) electrons. The van der Waals surface area contributed by atoms with Crippen LogP contribution in [0.4, 0.5) is 0 Å². The minimum atomic E-state index is -0.737. The highest BCUT2D eigenvalue weighted by molar-refractivity contribution is 5.82. The monoisotopic (exact) mass is 170 g/mol. The second-order valence-corrected chi connectivity index (χ2v) is 4.42. The maximum Gasteiger partial charge on any atom is 0.138 e. The average Bonchev–Trinajstić information content (AvgIpc) is 2.37. The third kappa shape index (κ3) is 1.28. The van der Waals surface area contributed by atoms with Crippen molar-refractivity contribution < 1.29 is 9.90 Å². The second kappa shape index (κ2) is 2.84. The van der Waals surface area contributed by atoms with Gasteiger partial charge >= 0.3 is 0 Å². The minimum Gasteiger partial charge on any atom is -0.389 e. The lowest BCUT2D eigenvalue weighted by atomic mass is 9.71. The lowest BCUT2D eigenvalue weighted by molar-refractivity contribution is -0.141. The molecular weight excluding hydrogens is 152 g/mol. The maximum absolute atomic E-state index is 11.3. The summed E-state index contributed by atoms with van der Waals surface area (Å²) in [6.07, 6.45) is 3.65. The number of carbonyl (C=O) groups is 1. The summed E-state index contributed by atoms with van der Waals surface area (Å²) in [6.45, 7) is 5.26. The molecule has 0 unspecified atom stereocenters. The smallest absolute Gasteiger partial charge is 0.138 e. The lowest BCUT2D eigenvalue weighted by Crippen LogP contribution is -2.46. The molecule has 0 bridgehead atoms. The Labute approximate surface area is 74.0 Å². The van der Waals surface area contributed by atoms with Crippen LogP contribution in [0.3, 0.4) is 0 Å². The summed E-state index contributed by atoms with van der Waals surface area (Å²) < 4.78 is 0. The Morgan fingerprint density at radius 1 is 1.33 bits per heavy atom. The van der Waals surface area contributed by atoms with Crippen LogP contribution >= 0.6 is 0 Å². The Morgan fingerprint density at radius 2 is 1.75 bits per heavy atom. The lowest BCUT2D eigenvalue weighted by Gasteiger charge is -2.37. The molecule has 1 rings (SSSR count). The molecule has 1 aliphatic carbocycles. The fourth-order valence-electron chi connectivity index (χ4n) is 1.91. The van der Waals surface area contributed by atoms with E-state index in [1.165, 1.54) is 0 Å². The maximum atomic E-state index is 11.3. The van der Waals surface area contributed by atoms with Crippen molar-refractivity contribution in [2.24, 2.45) is 5.41 Å². The van der Waals surface area contributed by atoms with Crippen LogP contribution in [-0.2, 0) is 4.79 Å². The number of Topliss-reactive ketones (excluding diaryl/α,β-unsaturated/α-hetero) is 1. The van der Waals surface area contributed by atoms with E-state index in [-0.39, 0.29) is 5.78 Å². The van der Waals surface area contributed by atoms with Crippen molar-refractivity contribution in [1.82, 2.24) is 0 Å². The Balaban J connectivity index is 2.85. The standard InChI is InChI=1S/C10H18O2/c1-8(11)9(2,3)10(12)6-4-5-7-10/h12H,4-7H2,1-3H3. The molecule has 0 spiro atoms. The average molecular weight is 170 g/mol. The van der Waals surface area contributed by atoms with Gasteiger partial charge in [-0.15, -0.1) is 0 Å². The number of rotatable bonds is 2. The third-order valence-corrected chi connectivity index (χ3v) is 3.47. The van der Waals surface area contributed by atoms with E-state index in [1.54, 1.807) is 6.92 Å². The zero-order chi connectivity index (χ0) is 9.41. The van der Waals surface area contributed by atoms with Gasteiger partial charge in [-0.05, 0) is 19.8 Å². The number of carbonyl (C=O) groups excluding carboxylic acids is 1. The van der Waals surface area contributed by atoms with E-state index in [9.17, 15) is 9.90 Å². The van der Waals surface area contributed by atoms with Crippen molar-refractivity contribution in [3.8, 4) is 0 Å². The molecule has 0 aromatic rings. The van der Waals surface area contributed by atoms with E-state index >= 15 is 0 Å². The van der Waals surface area contributed by atoms with Crippen LogP contribution in [0.15, 0.2) is 0 Å². The van der Waals surface area contributed by atoms with Gasteiger partial charge in [0.05, 0.1) is 11.0 Å². The summed E-state index contributed by atoms with van der Waals surface area (Å²) in [5.41, 5.74) is -1.30. The zero-order valence-corrected chi connectivity index (χ0v) is 8.18. The van der Waals surface area contributed by atoms with E-state index in [1.807, 2.05) is 13.8 Å². The molecule has 1 N–H and O–H groups in total. The summed E-state index contributed by atoms with van der Waals surface area (Å²) in [5, 5.41) is 10.2. The number of aliphatic hydroxyl groups is 1. The summed E-state index contributed by atoms with van der Waals surface area (Å²) >= 11 is 0. The summed E-state index contributed by atoms with van der Waals surface area (Å²) in [4.78, 5) is 11.3. The van der Waals surface area contributed by atoms with E-state index < -0.39 is 11.0 Å². The van der Waals surface area contributed by atoms with Gasteiger partial charge in [0.25, 0.3) is 0 Å². The van der Waals surface area contributed by atoms with Crippen LogP contribution in [0.5, 0.6) is 0 Å². The molecule has 0 aromatic heterocycles. The van der Waals surface area contributed by atoms with Gasteiger partial charge in [-0.2, -0.15) is 0 Å². The Bertz CT molecular complexity index is 188. The highest BCUT2D eigenvalue weighted by Gasteiger charge is 2.47. The van der Waals surface area contributed by atoms with Crippen molar-refractivity contribution in [1.29, 1.82) is 0 Å². The molecule has 0 heterocycles. The van der Waals surface area contributed by atoms with Crippen LogP contribution in [0.1, 0.15) is 46.5 Å². The van der Waals surface area contributed by atoms with E-state index in [2.05, 4.69) is 0 Å². The normalized spacial score (nSPS) is 22.7. The Morgan fingerprint density at radius 3 is 2.08 bits per heavy atom. The molecular formula is C10H18O2. The first-order valence-corrected chi connectivity index (χ1v) is 4.63. The zero-order valence-electron chi connectivity index (χ0n) is 8.18. The summed E-state index contributed by atoms with van der Waals surface area (Å²) in [7, 11) is 0. The summed E-state index contributed by atoms with van der Waals surface area (Å²) in [5.74, 6) is 0.0897. The van der Waals surface area contributed by atoms with Crippen molar-refractivity contribution >= 4 is 5.78 Å². The Hall–Kier alpha value is -0.370. The molecule has 70 valence electrons. The van der Waals surface area contributed by atoms with Gasteiger partial charge in [-0.25, -0.2) is 0 Å². The first kappa shape index (κ1) is 9.72. The van der Waals surface area contributed by atoms with Crippen LogP contribution in [0.2, 0.25) is 0 Å². The first-order valence-electron chi connectivity index (χ1n) is 4.63. The Kier molecular flexibility index (Phi) is 2.30. The minimum absolute atomic E-state index is 0.0897. The largest absolute Gasteiger partial charge is 0.389 e. The van der Waals surface area contributed by atoms with Gasteiger partial charge in [0, 0.05) is 0 Å². The molecule has 0 aromatic carbocycles. The molecule has 1 aliphatic rings. The SMILES string of the molecule is CC(=O)C(C)(C)C1(O)CCCC1. The molecule has 0 amide bonds. The highest BCUT2D eigenvalue weighted by atomic mass is 16.3. The van der Waals surface area contributed by atoms with E-state index in [0.717, 1.165) is 25.7 Å². The topological polar surface area (TPSA) is 37.3 Å². The van der Waals surface area contributed by atoms with Crippen LogP contribution in [0.25, 0.3) is 0 Å². The van der Waals surface area contributed by atoms with Crippen molar-refractivity contribution in [3.05, 3.63) is 0 Å². The molecule has 0 atom stereocenters. The van der Waals surface area contributed by atoms with Crippen molar-refractivity contribution in [2.75, 3.05) is 0 Å². The van der Waals surface area contributed by atoms with Crippen LogP contribution in [-0.4, -0.2) is 16.5 Å². The molecule has 2 heteroatoms. The van der Waals surface area contributed by atoms with Gasteiger partial charge in [0.15, 0.2) is 0 Å². The van der Waals surface area contributed by atoms with E-state index in [0.29, 0.717) is 0 Å². The van der Waals surface area contributed by atoms with Crippen molar-refractivity contribution in [3.63, 3.8) is 0 Å². The first-order chi connectivity index (χ1) is 5.40. The summed E-state index contributed by atoms with van der Waals surface area (Å²) in [6, 6.07) is 0. The fourth-order valence-corrected chi connectivity index (χ4v) is 1.91. The van der Waals surface area contributed by atoms with Crippen LogP contribution in [0, 0.1) is 5.41 Å². The molecule has 12 heavy (non-hydrogen) atoms. The predicted octanol–water partition coefficient (Wildman–Crippen LogP) is 1.91.